The van der Waals surface area contributed by atoms with E-state index in [2.05, 4.69) is 10.0 Å². The number of sulfonamides is 1. The Morgan fingerprint density at radius 3 is 2.27 bits per heavy atom. The monoisotopic (exact) mass is 376 g/mol. The molecule has 0 unspecified atom stereocenters. The first-order valence-electron chi connectivity index (χ1n) is 7.78. The van der Waals surface area contributed by atoms with Gasteiger partial charge in [0.1, 0.15) is 5.75 Å². The quantitative estimate of drug-likeness (QED) is 0.721. The number of rotatable bonds is 7. The fourth-order valence-electron chi connectivity index (χ4n) is 2.28. The smallest absolute Gasteiger partial charge is 0.241 e. The number of benzene rings is 2. The lowest BCUT2D eigenvalue weighted by atomic mass is 10.1. The standard InChI is InChI=1S/C18H20N2O5S/c1-12-10-16(25-3)8-9-17(12)26(23,24)19-11-18(22)20-15-6-4-14(5-7-15)13(2)21/h4-10,19H,11H2,1-3H3,(H,20,22). The van der Waals surface area contributed by atoms with Crippen molar-refractivity contribution in [1.82, 2.24) is 4.72 Å². The molecule has 0 saturated carbocycles. The molecule has 8 heteroatoms. The summed E-state index contributed by atoms with van der Waals surface area (Å²) in [6, 6.07) is 10.9. The molecule has 0 aliphatic carbocycles. The number of amides is 1. The van der Waals surface area contributed by atoms with Crippen LogP contribution in [-0.2, 0) is 14.8 Å². The van der Waals surface area contributed by atoms with Crippen LogP contribution < -0.4 is 14.8 Å². The van der Waals surface area contributed by atoms with Gasteiger partial charge in [0.2, 0.25) is 15.9 Å². The highest BCUT2D eigenvalue weighted by atomic mass is 32.2. The minimum Gasteiger partial charge on any atom is -0.497 e. The van der Waals surface area contributed by atoms with Gasteiger partial charge in [-0.15, -0.1) is 0 Å². The first-order valence-corrected chi connectivity index (χ1v) is 9.26. The topological polar surface area (TPSA) is 102 Å². The third-order valence-corrected chi connectivity index (χ3v) is 5.23. The van der Waals surface area contributed by atoms with E-state index in [1.54, 1.807) is 37.3 Å². The van der Waals surface area contributed by atoms with Gasteiger partial charge < -0.3 is 10.1 Å². The Kier molecular flexibility index (Phi) is 6.12. The zero-order valence-electron chi connectivity index (χ0n) is 14.7. The van der Waals surface area contributed by atoms with Crippen LogP contribution in [0.5, 0.6) is 5.75 Å². The number of carbonyl (C=O) groups excluding carboxylic acids is 2. The summed E-state index contributed by atoms with van der Waals surface area (Å²) < 4.78 is 32.0. The van der Waals surface area contributed by atoms with E-state index < -0.39 is 22.5 Å². The van der Waals surface area contributed by atoms with Crippen LogP contribution in [0, 0.1) is 6.92 Å². The molecule has 0 aromatic heterocycles. The molecule has 0 aliphatic heterocycles. The minimum atomic E-state index is -3.83. The Morgan fingerprint density at radius 1 is 1.08 bits per heavy atom. The Bertz CT molecular complexity index is 921. The molecule has 0 heterocycles. The van der Waals surface area contributed by atoms with Crippen molar-refractivity contribution in [2.45, 2.75) is 18.7 Å². The molecule has 2 rings (SSSR count). The second-order valence-electron chi connectivity index (χ2n) is 5.64. The lowest BCUT2D eigenvalue weighted by molar-refractivity contribution is -0.115. The molecule has 0 radical (unpaired) electrons. The summed E-state index contributed by atoms with van der Waals surface area (Å²) in [5, 5.41) is 2.57. The molecule has 2 N–H and O–H groups in total. The first-order chi connectivity index (χ1) is 12.2. The lowest BCUT2D eigenvalue weighted by Crippen LogP contribution is -2.33. The molecule has 0 saturated heterocycles. The third kappa shape index (κ3) is 4.90. The predicted octanol–water partition coefficient (Wildman–Crippen LogP) is 2.12. The Balaban J connectivity index is 2.00. The highest BCUT2D eigenvalue weighted by Gasteiger charge is 2.18. The van der Waals surface area contributed by atoms with E-state index in [9.17, 15) is 18.0 Å². The first kappa shape index (κ1) is 19.6. The molecule has 0 bridgehead atoms. The van der Waals surface area contributed by atoms with Gasteiger partial charge >= 0.3 is 0 Å². The maximum atomic E-state index is 12.4. The number of Topliss-reactive ketones (excluding diaryl/α,β-unsaturated/α-hetero) is 1. The number of anilines is 1. The summed E-state index contributed by atoms with van der Waals surface area (Å²) in [5.74, 6) is -0.0472. The van der Waals surface area contributed by atoms with Gasteiger partial charge in [-0.05, 0) is 61.9 Å². The molecule has 0 fully saturated rings. The second kappa shape index (κ2) is 8.11. The van der Waals surface area contributed by atoms with Crippen molar-refractivity contribution < 1.29 is 22.7 Å². The molecule has 2 aromatic carbocycles. The largest absolute Gasteiger partial charge is 0.497 e. The third-order valence-electron chi connectivity index (χ3n) is 3.67. The number of ether oxygens (including phenoxy) is 1. The molecule has 0 aliphatic rings. The summed E-state index contributed by atoms with van der Waals surface area (Å²) in [4.78, 5) is 23.3. The Hall–Kier alpha value is -2.71. The number of methoxy groups -OCH3 is 1. The van der Waals surface area contributed by atoms with Crippen LogP contribution in [0.4, 0.5) is 5.69 Å². The number of ketones is 1. The van der Waals surface area contributed by atoms with Crippen molar-refractivity contribution in [2.24, 2.45) is 0 Å². The lowest BCUT2D eigenvalue weighted by Gasteiger charge is -2.11. The highest BCUT2D eigenvalue weighted by Crippen LogP contribution is 2.20. The fraction of sp³-hybridized carbons (Fsp3) is 0.222. The van der Waals surface area contributed by atoms with Crippen molar-refractivity contribution in [3.63, 3.8) is 0 Å². The van der Waals surface area contributed by atoms with Crippen LogP contribution in [-0.4, -0.2) is 33.8 Å². The van der Waals surface area contributed by atoms with Crippen LogP contribution in [0.2, 0.25) is 0 Å². The summed E-state index contributed by atoms with van der Waals surface area (Å²) in [5.41, 5.74) is 1.51. The van der Waals surface area contributed by atoms with Gasteiger partial charge in [-0.3, -0.25) is 9.59 Å². The molecular formula is C18H20N2O5S. The average Bonchev–Trinajstić information content (AvgIpc) is 2.60. The van der Waals surface area contributed by atoms with Crippen LogP contribution in [0.25, 0.3) is 0 Å². The molecular weight excluding hydrogens is 356 g/mol. The number of aryl methyl sites for hydroxylation is 1. The maximum Gasteiger partial charge on any atom is 0.241 e. The molecule has 7 nitrogen and oxygen atoms in total. The zero-order valence-corrected chi connectivity index (χ0v) is 15.5. The van der Waals surface area contributed by atoms with Crippen molar-refractivity contribution >= 4 is 27.4 Å². The van der Waals surface area contributed by atoms with Crippen molar-refractivity contribution in [2.75, 3.05) is 19.0 Å². The van der Waals surface area contributed by atoms with E-state index in [1.807, 2.05) is 0 Å². The van der Waals surface area contributed by atoms with Gasteiger partial charge in [-0.1, -0.05) is 0 Å². The highest BCUT2D eigenvalue weighted by molar-refractivity contribution is 7.89. The van der Waals surface area contributed by atoms with Gasteiger partial charge in [-0.2, -0.15) is 0 Å². The van der Waals surface area contributed by atoms with E-state index in [-0.39, 0.29) is 10.7 Å². The number of hydrogen-bond acceptors (Lipinski definition) is 5. The SMILES string of the molecule is COc1ccc(S(=O)(=O)NCC(=O)Nc2ccc(C(C)=O)cc2)c(C)c1. The van der Waals surface area contributed by atoms with Crippen molar-refractivity contribution in [3.05, 3.63) is 53.6 Å². The van der Waals surface area contributed by atoms with E-state index in [4.69, 9.17) is 4.74 Å². The summed E-state index contributed by atoms with van der Waals surface area (Å²) in [7, 11) is -2.34. The Morgan fingerprint density at radius 2 is 1.73 bits per heavy atom. The molecule has 0 spiro atoms. The van der Waals surface area contributed by atoms with Gasteiger partial charge in [0, 0.05) is 11.3 Å². The molecule has 26 heavy (non-hydrogen) atoms. The van der Waals surface area contributed by atoms with Gasteiger partial charge in [0.05, 0.1) is 18.6 Å². The summed E-state index contributed by atoms with van der Waals surface area (Å²) >= 11 is 0. The average molecular weight is 376 g/mol. The van der Waals surface area contributed by atoms with E-state index in [0.29, 0.717) is 22.6 Å². The normalized spacial score (nSPS) is 11.0. The summed E-state index contributed by atoms with van der Waals surface area (Å²) in [6.45, 7) is 2.68. The summed E-state index contributed by atoms with van der Waals surface area (Å²) in [6.07, 6.45) is 0. The molecule has 138 valence electrons. The van der Waals surface area contributed by atoms with E-state index in [1.165, 1.54) is 26.2 Å². The van der Waals surface area contributed by atoms with Gasteiger partial charge in [0.25, 0.3) is 0 Å². The van der Waals surface area contributed by atoms with Crippen molar-refractivity contribution in [1.29, 1.82) is 0 Å². The van der Waals surface area contributed by atoms with Gasteiger partial charge in [0.15, 0.2) is 5.78 Å². The minimum absolute atomic E-state index is 0.0782. The molecule has 0 atom stereocenters. The Labute approximate surface area is 152 Å². The number of hydrogen-bond donors (Lipinski definition) is 2. The molecule has 2 aromatic rings. The van der Waals surface area contributed by atoms with Crippen molar-refractivity contribution in [3.8, 4) is 5.75 Å². The van der Waals surface area contributed by atoms with E-state index >= 15 is 0 Å². The van der Waals surface area contributed by atoms with Crippen LogP contribution >= 0.6 is 0 Å². The van der Waals surface area contributed by atoms with Crippen LogP contribution in [0.15, 0.2) is 47.4 Å². The van der Waals surface area contributed by atoms with Gasteiger partial charge in [-0.25, -0.2) is 13.1 Å². The second-order valence-corrected chi connectivity index (χ2v) is 7.37. The predicted molar refractivity (Wildman–Crippen MR) is 98.0 cm³/mol. The zero-order chi connectivity index (χ0) is 19.3. The molecule has 1 amide bonds. The fourth-order valence-corrected chi connectivity index (χ4v) is 3.49. The number of carbonyl (C=O) groups is 2. The maximum absolute atomic E-state index is 12.4. The van der Waals surface area contributed by atoms with Crippen LogP contribution in [0.3, 0.4) is 0 Å². The number of nitrogens with one attached hydrogen (secondary N) is 2. The van der Waals surface area contributed by atoms with Crippen LogP contribution in [0.1, 0.15) is 22.8 Å². The van der Waals surface area contributed by atoms with E-state index in [0.717, 1.165) is 0 Å².